The van der Waals surface area contributed by atoms with E-state index in [9.17, 15) is 0 Å². The van der Waals surface area contributed by atoms with Crippen LogP contribution in [0, 0.1) is 13.8 Å². The van der Waals surface area contributed by atoms with Gasteiger partial charge in [0.25, 0.3) is 0 Å². The Morgan fingerprint density at radius 2 is 0.833 bits per heavy atom. The molecule has 0 radical (unpaired) electrons. The van der Waals surface area contributed by atoms with Crippen LogP contribution in [0.5, 0.6) is 0 Å². The topological polar surface area (TPSA) is 0 Å². The second kappa shape index (κ2) is 6.86. The van der Waals surface area contributed by atoms with Gasteiger partial charge < -0.3 is 0 Å². The fourth-order valence-corrected chi connectivity index (χ4v) is 11.5. The van der Waals surface area contributed by atoms with E-state index in [-0.39, 0.29) is 8.16 Å². The summed E-state index contributed by atoms with van der Waals surface area (Å²) in [5.41, 5.74) is 5.67. The van der Waals surface area contributed by atoms with Gasteiger partial charge in [-0.3, -0.25) is 0 Å². The molecule has 0 aliphatic carbocycles. The van der Waals surface area contributed by atoms with Crippen LogP contribution in [-0.2, 0) is 8.16 Å². The molecule has 0 aromatic heterocycles. The van der Waals surface area contributed by atoms with Crippen LogP contribution in [0.1, 0.15) is 22.3 Å². The van der Waals surface area contributed by atoms with Crippen molar-refractivity contribution >= 4 is 47.0 Å². The molecule has 0 N–H and O–H groups in total. The first-order valence-electron chi connectivity index (χ1n) is 8.36. The van der Waals surface area contributed by atoms with Gasteiger partial charge in [-0.15, -0.1) is 47.0 Å². The smallest absolute Gasteiger partial charge is 0.114 e. The van der Waals surface area contributed by atoms with Crippen molar-refractivity contribution in [1.82, 2.24) is 0 Å². The third-order valence-corrected chi connectivity index (χ3v) is 12.6. The molecule has 24 heavy (non-hydrogen) atoms. The highest BCUT2D eigenvalue weighted by Gasteiger charge is 2.58. The van der Waals surface area contributed by atoms with Crippen molar-refractivity contribution in [1.29, 1.82) is 0 Å². The SMILES string of the molecule is Cc1ccc(C2(C3(c4ccc(C)cc4)SCCS3)SCCS2)cc1. The highest BCUT2D eigenvalue weighted by molar-refractivity contribution is 8.27. The van der Waals surface area contributed by atoms with E-state index in [1.807, 2.05) is 0 Å². The summed E-state index contributed by atoms with van der Waals surface area (Å²) in [5.74, 6) is 4.97. The Morgan fingerprint density at radius 1 is 0.542 bits per heavy atom. The zero-order valence-corrected chi connectivity index (χ0v) is 17.3. The van der Waals surface area contributed by atoms with Gasteiger partial charge in [0, 0.05) is 23.0 Å². The summed E-state index contributed by atoms with van der Waals surface area (Å²) in [4.78, 5) is 0. The van der Waals surface area contributed by atoms with Gasteiger partial charge in [0.05, 0.1) is 0 Å². The number of hydrogen-bond acceptors (Lipinski definition) is 4. The summed E-state index contributed by atoms with van der Waals surface area (Å²) in [6.45, 7) is 4.36. The summed E-state index contributed by atoms with van der Waals surface area (Å²) < 4.78 is 0.226. The number of hydrogen-bond donors (Lipinski definition) is 0. The van der Waals surface area contributed by atoms with E-state index in [2.05, 4.69) is 109 Å². The molecular formula is C20H22S4. The Balaban J connectivity index is 1.88. The molecule has 0 bridgehead atoms. The van der Waals surface area contributed by atoms with E-state index in [0.29, 0.717) is 0 Å². The van der Waals surface area contributed by atoms with Gasteiger partial charge in [0.1, 0.15) is 8.16 Å². The van der Waals surface area contributed by atoms with Gasteiger partial charge in [0.15, 0.2) is 0 Å². The van der Waals surface area contributed by atoms with E-state index >= 15 is 0 Å². The van der Waals surface area contributed by atoms with Crippen LogP contribution in [0.2, 0.25) is 0 Å². The van der Waals surface area contributed by atoms with Crippen LogP contribution in [0.4, 0.5) is 0 Å². The molecule has 0 saturated carbocycles. The normalized spacial score (nSPS) is 21.9. The molecular weight excluding hydrogens is 368 g/mol. The third kappa shape index (κ3) is 2.74. The van der Waals surface area contributed by atoms with Crippen LogP contribution in [0.3, 0.4) is 0 Å². The van der Waals surface area contributed by atoms with Gasteiger partial charge in [-0.05, 0) is 25.0 Å². The van der Waals surface area contributed by atoms with Gasteiger partial charge in [-0.2, -0.15) is 0 Å². The molecule has 0 amide bonds. The molecule has 2 aliphatic rings. The average Bonchev–Trinajstić information content (AvgIpc) is 3.27. The van der Waals surface area contributed by atoms with Crippen LogP contribution in [0.25, 0.3) is 0 Å². The standard InChI is InChI=1S/C20H22S4/c1-15-3-7-17(8-4-15)19(21-11-12-22-19)20(23-13-14-24-20)18-9-5-16(2)6-10-18/h3-10H,11-14H2,1-2H3. The van der Waals surface area contributed by atoms with Crippen molar-refractivity contribution in [3.63, 3.8) is 0 Å². The number of benzene rings is 2. The number of aryl methyl sites for hydroxylation is 2. The maximum absolute atomic E-state index is 2.37. The summed E-state index contributed by atoms with van der Waals surface area (Å²) in [6, 6.07) is 18.6. The van der Waals surface area contributed by atoms with Crippen LogP contribution in [0.15, 0.2) is 48.5 Å². The molecule has 4 heteroatoms. The summed E-state index contributed by atoms with van der Waals surface area (Å²) >= 11 is 8.66. The second-order valence-electron chi connectivity index (χ2n) is 6.36. The molecule has 2 fully saturated rings. The average molecular weight is 391 g/mol. The Hall–Kier alpha value is -0.160. The summed E-state index contributed by atoms with van der Waals surface area (Å²) in [5, 5.41) is 0. The van der Waals surface area contributed by atoms with Crippen molar-refractivity contribution in [2.45, 2.75) is 22.0 Å². The molecule has 4 rings (SSSR count). The quantitative estimate of drug-likeness (QED) is 0.605. The largest absolute Gasteiger partial charge is 0.136 e. The third-order valence-electron chi connectivity index (χ3n) is 4.68. The van der Waals surface area contributed by atoms with Gasteiger partial charge >= 0.3 is 0 Å². The monoisotopic (exact) mass is 390 g/mol. The van der Waals surface area contributed by atoms with E-state index in [1.165, 1.54) is 45.3 Å². The van der Waals surface area contributed by atoms with Crippen molar-refractivity contribution in [2.24, 2.45) is 0 Å². The zero-order chi connectivity index (χ0) is 16.6. The van der Waals surface area contributed by atoms with Crippen LogP contribution < -0.4 is 0 Å². The Bertz CT molecular complexity index is 630. The Kier molecular flexibility index (Phi) is 4.94. The first-order valence-corrected chi connectivity index (χ1v) is 12.3. The minimum absolute atomic E-state index is 0.113. The minimum Gasteiger partial charge on any atom is -0.136 e. The minimum atomic E-state index is 0.113. The molecule has 2 aliphatic heterocycles. The van der Waals surface area contributed by atoms with Crippen molar-refractivity contribution < 1.29 is 0 Å². The van der Waals surface area contributed by atoms with E-state index in [4.69, 9.17) is 0 Å². The summed E-state index contributed by atoms with van der Waals surface area (Å²) in [6.07, 6.45) is 0. The van der Waals surface area contributed by atoms with E-state index in [0.717, 1.165) is 0 Å². The lowest BCUT2D eigenvalue weighted by Gasteiger charge is -2.44. The van der Waals surface area contributed by atoms with Crippen LogP contribution >= 0.6 is 47.0 Å². The number of thioether (sulfide) groups is 4. The summed E-state index contributed by atoms with van der Waals surface area (Å²) in [7, 11) is 0. The second-order valence-corrected chi connectivity index (χ2v) is 12.1. The molecule has 2 aromatic rings. The van der Waals surface area contributed by atoms with Crippen LogP contribution in [-0.4, -0.2) is 23.0 Å². The van der Waals surface area contributed by atoms with E-state index in [1.54, 1.807) is 0 Å². The van der Waals surface area contributed by atoms with Gasteiger partial charge in [-0.25, -0.2) is 0 Å². The van der Waals surface area contributed by atoms with Crippen molar-refractivity contribution in [2.75, 3.05) is 23.0 Å². The fourth-order valence-electron chi connectivity index (χ4n) is 3.46. The highest BCUT2D eigenvalue weighted by atomic mass is 32.2. The molecule has 126 valence electrons. The molecule has 0 unspecified atom stereocenters. The number of rotatable bonds is 3. The molecule has 0 nitrogen and oxygen atoms in total. The maximum atomic E-state index is 2.37. The van der Waals surface area contributed by atoms with E-state index < -0.39 is 0 Å². The van der Waals surface area contributed by atoms with Gasteiger partial charge in [-0.1, -0.05) is 59.7 Å². The Morgan fingerprint density at radius 3 is 1.12 bits per heavy atom. The lowest BCUT2D eigenvalue weighted by atomic mass is 10.00. The first kappa shape index (κ1) is 17.3. The molecule has 2 aromatic carbocycles. The lowest BCUT2D eigenvalue weighted by Crippen LogP contribution is -2.37. The fraction of sp³-hybridized carbons (Fsp3) is 0.400. The van der Waals surface area contributed by atoms with Gasteiger partial charge in [0.2, 0.25) is 0 Å². The molecule has 2 heterocycles. The first-order chi connectivity index (χ1) is 11.7. The predicted molar refractivity (Wildman–Crippen MR) is 116 cm³/mol. The maximum Gasteiger partial charge on any atom is 0.114 e. The molecule has 2 saturated heterocycles. The Labute approximate surface area is 162 Å². The lowest BCUT2D eigenvalue weighted by molar-refractivity contribution is 0.794. The van der Waals surface area contributed by atoms with Crippen molar-refractivity contribution in [3.05, 3.63) is 70.8 Å². The zero-order valence-electron chi connectivity index (χ0n) is 14.1. The van der Waals surface area contributed by atoms with Crippen molar-refractivity contribution in [3.8, 4) is 0 Å². The predicted octanol–water partition coefficient (Wildman–Crippen LogP) is 6.27. The highest BCUT2D eigenvalue weighted by Crippen LogP contribution is 2.72. The molecule has 0 atom stereocenters. The molecule has 0 spiro atoms.